The Bertz CT molecular complexity index is 1740. The van der Waals surface area contributed by atoms with Crippen molar-refractivity contribution in [2.24, 2.45) is 11.8 Å². The molecule has 0 aromatic heterocycles. The Morgan fingerprint density at radius 2 is 0.958 bits per heavy atom. The molecule has 4 aromatic rings. The van der Waals surface area contributed by atoms with Crippen LogP contribution < -0.4 is 0 Å². The van der Waals surface area contributed by atoms with Crippen LogP contribution in [0.1, 0.15) is 95.0 Å². The van der Waals surface area contributed by atoms with Gasteiger partial charge >= 0.3 is 302 Å². The summed E-state index contributed by atoms with van der Waals surface area (Å²) in [5.41, 5.74) is 16.6. The summed E-state index contributed by atoms with van der Waals surface area (Å²) in [6, 6.07) is 31.7. The van der Waals surface area contributed by atoms with Gasteiger partial charge in [0.05, 0.1) is 0 Å². The third-order valence-corrected chi connectivity index (χ3v) is 63.0. The Kier molecular flexibility index (Phi) is 10.4. The van der Waals surface area contributed by atoms with Crippen molar-refractivity contribution in [1.82, 2.24) is 0 Å². The molecule has 0 saturated carbocycles. The second-order valence-electron chi connectivity index (χ2n) is 15.5. The van der Waals surface area contributed by atoms with E-state index >= 15 is 0 Å². The molecule has 0 aliphatic heterocycles. The number of hydrogen-bond acceptors (Lipinski definition) is 0. The van der Waals surface area contributed by atoms with E-state index in [9.17, 15) is 0 Å². The van der Waals surface area contributed by atoms with Gasteiger partial charge < -0.3 is 0 Å². The van der Waals surface area contributed by atoms with Crippen LogP contribution in [0.5, 0.6) is 0 Å². The van der Waals surface area contributed by atoms with Crippen molar-refractivity contribution in [2.45, 2.75) is 87.6 Å². The zero-order valence-electron chi connectivity index (χ0n) is 30.2. The molecule has 4 heteroatoms. The van der Waals surface area contributed by atoms with E-state index in [0.717, 1.165) is 25.7 Å². The molecular weight excluding hydrogens is 719 g/mol. The van der Waals surface area contributed by atoms with Gasteiger partial charge in [-0.3, -0.25) is 0 Å². The van der Waals surface area contributed by atoms with E-state index in [0.29, 0.717) is 11.8 Å². The van der Waals surface area contributed by atoms with Gasteiger partial charge in [0, 0.05) is 0 Å². The molecule has 48 heavy (non-hydrogen) atoms. The van der Waals surface area contributed by atoms with Crippen LogP contribution in [-0.4, -0.2) is 5.92 Å². The predicted molar refractivity (Wildman–Crippen MR) is 213 cm³/mol. The van der Waals surface area contributed by atoms with Gasteiger partial charge in [-0.05, 0) is 0 Å². The molecule has 251 valence electrons. The van der Waals surface area contributed by atoms with Gasteiger partial charge in [0.2, 0.25) is 0 Å². The van der Waals surface area contributed by atoms with E-state index in [1.165, 1.54) is 66.8 Å². The third kappa shape index (κ3) is 6.06. The first-order valence-electron chi connectivity index (χ1n) is 18.3. The van der Waals surface area contributed by atoms with Crippen LogP contribution in [0.3, 0.4) is 0 Å². The Hall–Kier alpha value is -1.96. The zero-order valence-corrected chi connectivity index (χ0v) is 35.3. The Morgan fingerprint density at radius 3 is 1.27 bits per heavy atom. The normalized spacial score (nSPS) is 18.1. The predicted octanol–water partition coefficient (Wildman–Crippen LogP) is 13.8. The second-order valence-corrected chi connectivity index (χ2v) is 58.0. The maximum absolute atomic E-state index is 8.74. The van der Waals surface area contributed by atoms with Crippen LogP contribution in [0.4, 0.5) is 0 Å². The maximum atomic E-state index is 8.74. The van der Waals surface area contributed by atoms with E-state index in [4.69, 9.17) is 17.0 Å². The molecule has 0 spiro atoms. The molecule has 0 radical (unpaired) electrons. The molecule has 2 aliphatic carbocycles. The van der Waals surface area contributed by atoms with Crippen molar-refractivity contribution in [2.75, 3.05) is 0 Å². The van der Waals surface area contributed by atoms with Crippen LogP contribution >= 0.6 is 17.0 Å². The van der Waals surface area contributed by atoms with Crippen LogP contribution in [0.25, 0.3) is 34.4 Å². The Labute approximate surface area is 299 Å². The number of allylic oxidation sites excluding steroid dienone is 2. The van der Waals surface area contributed by atoms with Gasteiger partial charge in [0.25, 0.3) is 0 Å². The molecule has 0 nitrogen and oxygen atoms in total. The fourth-order valence-corrected chi connectivity index (χ4v) is 40.8. The van der Waals surface area contributed by atoms with Gasteiger partial charge in [0.15, 0.2) is 0 Å². The summed E-state index contributed by atoms with van der Waals surface area (Å²) < 4.78 is 0.219. The molecule has 0 saturated heterocycles. The van der Waals surface area contributed by atoms with Crippen LogP contribution in [0.15, 0.2) is 96.1 Å². The van der Waals surface area contributed by atoms with E-state index < -0.39 is 21.5 Å². The summed E-state index contributed by atoms with van der Waals surface area (Å²) in [5, 5.41) is 0. The minimum atomic E-state index is -4.84. The first-order chi connectivity index (χ1) is 22.9. The summed E-state index contributed by atoms with van der Waals surface area (Å²) in [6.07, 6.45) is 9.07. The topological polar surface area (TPSA) is 0 Å². The Morgan fingerprint density at radius 1 is 0.583 bits per heavy atom. The molecule has 2 unspecified atom stereocenters. The molecule has 2 aliphatic rings. The summed E-state index contributed by atoms with van der Waals surface area (Å²) >= 11 is -4.84. The summed E-state index contributed by atoms with van der Waals surface area (Å²) in [5.74, 6) is -0.501. The number of halogens is 2. The quantitative estimate of drug-likeness (QED) is 0.133. The molecular formula is C44H53Cl2SiZr. The number of rotatable bonds is 11. The van der Waals surface area contributed by atoms with Crippen molar-refractivity contribution in [3.8, 4) is 22.3 Å². The average molecular weight is 772 g/mol. The van der Waals surface area contributed by atoms with Gasteiger partial charge in [-0.2, -0.15) is 0 Å². The average Bonchev–Trinajstić information content (AvgIpc) is 3.64. The minimum absolute atomic E-state index is 0.110. The summed E-state index contributed by atoms with van der Waals surface area (Å²) in [6.45, 7) is 18.9. The molecule has 0 heterocycles. The van der Waals surface area contributed by atoms with Crippen molar-refractivity contribution in [1.29, 1.82) is 0 Å². The van der Waals surface area contributed by atoms with E-state index in [-0.39, 0.29) is 7.25 Å². The molecule has 6 rings (SSSR count). The molecule has 4 aromatic carbocycles. The van der Waals surface area contributed by atoms with Crippen molar-refractivity contribution in [3.05, 3.63) is 129 Å². The van der Waals surface area contributed by atoms with Crippen LogP contribution in [0, 0.1) is 11.8 Å². The number of benzene rings is 4. The van der Waals surface area contributed by atoms with E-state index in [1.54, 1.807) is 0 Å². The number of fused-ring (bicyclic) bond motifs is 2. The van der Waals surface area contributed by atoms with Crippen molar-refractivity contribution < 1.29 is 15.6 Å². The molecule has 0 N–H and O–H groups in total. The van der Waals surface area contributed by atoms with Crippen LogP contribution in [-0.2, 0) is 28.4 Å². The fourth-order valence-electron chi connectivity index (χ4n) is 8.97. The van der Waals surface area contributed by atoms with E-state index in [2.05, 4.69) is 152 Å². The third-order valence-electron chi connectivity index (χ3n) is 11.2. The summed E-state index contributed by atoms with van der Waals surface area (Å²) in [7, 11) is 17.5. The van der Waals surface area contributed by atoms with Crippen molar-refractivity contribution >= 4 is 35.1 Å². The SMILES string of the molecule is CCC1=Cc2c(ccc(CC(C)C)c2-c2ccccc2)[CH]1[Zr]([Cl])([Cl])([CH]1C(CC)=Cc2c1ccc(CC(C)C)c2-c1ccccc1)[SiH](C)C. The summed E-state index contributed by atoms with van der Waals surface area (Å²) in [4.78, 5) is 0. The first-order valence-corrected chi connectivity index (χ1v) is 34.6. The Balaban J connectivity index is 1.62. The van der Waals surface area contributed by atoms with E-state index in [1.807, 2.05) is 0 Å². The van der Waals surface area contributed by atoms with Crippen molar-refractivity contribution in [3.63, 3.8) is 0 Å². The molecule has 0 amide bonds. The number of hydrogen-bond donors (Lipinski definition) is 0. The monoisotopic (exact) mass is 769 g/mol. The first kappa shape index (κ1) is 35.9. The fraction of sp³-hybridized carbons (Fsp3) is 0.364. The second kappa shape index (κ2) is 14.0. The van der Waals surface area contributed by atoms with Crippen LogP contribution in [0.2, 0.25) is 13.1 Å². The standard InChI is InChI=1S/2C21H23.C2H7Si.2ClH.Zr/c2*1-4-16-13-18-10-11-19(12-15(2)3)21(20(18)14-16)17-8-6-5-7-9-17;1-3-2;;;/h2*5-11,13-15H,4,12H2,1-3H3;3H,1-2H3;2*1H;/q;;;;;+2/p-2. The molecule has 0 bridgehead atoms. The molecule has 0 fully saturated rings. The van der Waals surface area contributed by atoms with Gasteiger partial charge in [-0.25, -0.2) is 0 Å². The van der Waals surface area contributed by atoms with Gasteiger partial charge in [0.1, 0.15) is 0 Å². The zero-order chi connectivity index (χ0) is 34.4. The van der Waals surface area contributed by atoms with Gasteiger partial charge in [-0.15, -0.1) is 0 Å². The molecule has 2 atom stereocenters. The van der Waals surface area contributed by atoms with Gasteiger partial charge in [-0.1, -0.05) is 0 Å².